The van der Waals surface area contributed by atoms with Gasteiger partial charge in [0.05, 0.1) is 28.8 Å². The van der Waals surface area contributed by atoms with Crippen molar-refractivity contribution in [2.24, 2.45) is 0 Å². The summed E-state index contributed by atoms with van der Waals surface area (Å²) in [5.74, 6) is 0.797. The molecule has 2 aromatic carbocycles. The Balaban J connectivity index is 1.41. The fraction of sp³-hybridized carbons (Fsp3) is 0.120. The van der Waals surface area contributed by atoms with Crippen LogP contribution < -0.4 is 4.74 Å². The SMILES string of the molecule is COc1ccc(-c2nnc(C(C)OC(=O)c3cc(-c4cccs4)nc4ccccc34)o2)cc1. The molecule has 0 N–H and O–H groups in total. The molecule has 0 aliphatic carbocycles. The zero-order valence-corrected chi connectivity index (χ0v) is 18.7. The maximum Gasteiger partial charge on any atom is 0.339 e. The third kappa shape index (κ3) is 4.20. The van der Waals surface area contributed by atoms with Gasteiger partial charge in [0.1, 0.15) is 5.75 Å². The van der Waals surface area contributed by atoms with Gasteiger partial charge in [0.15, 0.2) is 6.10 Å². The van der Waals surface area contributed by atoms with Crippen molar-refractivity contribution in [2.45, 2.75) is 13.0 Å². The van der Waals surface area contributed by atoms with Gasteiger partial charge in [-0.1, -0.05) is 24.3 Å². The third-order valence-corrected chi connectivity index (χ3v) is 6.01. The summed E-state index contributed by atoms with van der Waals surface area (Å²) in [6.07, 6.45) is -0.728. The number of pyridine rings is 1. The smallest absolute Gasteiger partial charge is 0.339 e. The first-order valence-corrected chi connectivity index (χ1v) is 11.1. The number of esters is 1. The van der Waals surface area contributed by atoms with Gasteiger partial charge in [-0.25, -0.2) is 9.78 Å². The lowest BCUT2D eigenvalue weighted by atomic mass is 10.1. The summed E-state index contributed by atoms with van der Waals surface area (Å²) in [5.41, 5.74) is 2.63. The molecule has 3 heterocycles. The number of hydrogen-bond donors (Lipinski definition) is 0. The van der Waals surface area contributed by atoms with E-state index in [9.17, 15) is 4.79 Å². The molecule has 3 aromatic heterocycles. The highest BCUT2D eigenvalue weighted by atomic mass is 32.1. The number of fused-ring (bicyclic) bond motifs is 1. The Labute approximate surface area is 193 Å². The number of para-hydroxylation sites is 1. The Morgan fingerprint density at radius 3 is 2.61 bits per heavy atom. The average molecular weight is 458 g/mol. The normalized spacial score (nSPS) is 11.9. The fourth-order valence-electron chi connectivity index (χ4n) is 3.42. The van der Waals surface area contributed by atoms with Crippen LogP contribution in [0.25, 0.3) is 32.9 Å². The molecule has 8 heteroatoms. The lowest BCUT2D eigenvalue weighted by Crippen LogP contribution is -2.10. The standard InChI is InChI=1S/C25H19N3O4S/c1-15(23-27-28-24(32-23)16-9-11-17(30-2)12-10-16)31-25(29)19-14-21(22-8-5-13-33-22)26-20-7-4-3-6-18(19)20/h3-15H,1-2H3. The van der Waals surface area contributed by atoms with Gasteiger partial charge in [-0.15, -0.1) is 21.5 Å². The highest BCUT2D eigenvalue weighted by molar-refractivity contribution is 7.13. The summed E-state index contributed by atoms with van der Waals surface area (Å²) >= 11 is 1.56. The van der Waals surface area contributed by atoms with Crippen LogP contribution in [-0.2, 0) is 4.74 Å². The van der Waals surface area contributed by atoms with Crippen LogP contribution in [0.15, 0.2) is 76.5 Å². The lowest BCUT2D eigenvalue weighted by Gasteiger charge is -2.12. The molecular weight excluding hydrogens is 438 g/mol. The fourth-order valence-corrected chi connectivity index (χ4v) is 4.10. The minimum Gasteiger partial charge on any atom is -0.497 e. The van der Waals surface area contributed by atoms with Crippen molar-refractivity contribution in [3.8, 4) is 27.8 Å². The van der Waals surface area contributed by atoms with Gasteiger partial charge in [-0.3, -0.25) is 0 Å². The van der Waals surface area contributed by atoms with Crippen LogP contribution in [0.3, 0.4) is 0 Å². The summed E-state index contributed by atoms with van der Waals surface area (Å²) in [7, 11) is 1.60. The molecule has 0 aliphatic rings. The van der Waals surface area contributed by atoms with E-state index in [1.807, 2.05) is 66.0 Å². The molecule has 164 valence electrons. The van der Waals surface area contributed by atoms with E-state index in [1.54, 1.807) is 31.4 Å². The van der Waals surface area contributed by atoms with Crippen LogP contribution >= 0.6 is 11.3 Å². The number of methoxy groups -OCH3 is 1. The highest BCUT2D eigenvalue weighted by Crippen LogP contribution is 2.30. The molecule has 1 atom stereocenters. The lowest BCUT2D eigenvalue weighted by molar-refractivity contribution is 0.0282. The van der Waals surface area contributed by atoms with Crippen LogP contribution in [0.2, 0.25) is 0 Å². The zero-order valence-electron chi connectivity index (χ0n) is 17.9. The predicted molar refractivity (Wildman–Crippen MR) is 125 cm³/mol. The second-order valence-electron chi connectivity index (χ2n) is 7.27. The summed E-state index contributed by atoms with van der Waals surface area (Å²) in [4.78, 5) is 18.8. The van der Waals surface area contributed by atoms with Gasteiger partial charge in [0, 0.05) is 10.9 Å². The zero-order chi connectivity index (χ0) is 22.8. The average Bonchev–Trinajstić information content (AvgIpc) is 3.56. The Hall–Kier alpha value is -4.04. The predicted octanol–water partition coefficient (Wildman–Crippen LogP) is 5.94. The highest BCUT2D eigenvalue weighted by Gasteiger charge is 2.22. The number of carbonyl (C=O) groups is 1. The van der Waals surface area contributed by atoms with Crippen molar-refractivity contribution >= 4 is 28.2 Å². The summed E-state index contributed by atoms with van der Waals surface area (Å²) in [6, 6.07) is 20.4. The molecule has 0 spiro atoms. The summed E-state index contributed by atoms with van der Waals surface area (Å²) < 4.78 is 16.6. The first-order valence-electron chi connectivity index (χ1n) is 10.2. The number of hydrogen-bond acceptors (Lipinski definition) is 8. The number of benzene rings is 2. The van der Waals surface area contributed by atoms with Crippen LogP contribution in [-0.4, -0.2) is 28.3 Å². The van der Waals surface area contributed by atoms with Gasteiger partial charge in [0.25, 0.3) is 5.89 Å². The second-order valence-corrected chi connectivity index (χ2v) is 8.22. The molecule has 7 nitrogen and oxygen atoms in total. The first kappa shape index (κ1) is 20.8. The maximum absolute atomic E-state index is 13.2. The Morgan fingerprint density at radius 1 is 1.03 bits per heavy atom. The van der Waals surface area contributed by atoms with E-state index in [4.69, 9.17) is 18.9 Å². The number of nitrogens with zero attached hydrogens (tertiary/aromatic N) is 3. The molecule has 5 rings (SSSR count). The molecule has 0 amide bonds. The van der Waals surface area contributed by atoms with Gasteiger partial charge in [0.2, 0.25) is 5.89 Å². The minimum absolute atomic E-state index is 0.214. The quantitative estimate of drug-likeness (QED) is 0.292. The van der Waals surface area contributed by atoms with Crippen molar-refractivity contribution in [1.82, 2.24) is 15.2 Å². The summed E-state index contributed by atoms with van der Waals surface area (Å²) in [5, 5.41) is 10.8. The molecular formula is C25H19N3O4S. The molecule has 0 fully saturated rings. The number of thiophene rings is 1. The second kappa shape index (κ2) is 8.84. The van der Waals surface area contributed by atoms with Crippen LogP contribution in [0, 0.1) is 0 Å². The van der Waals surface area contributed by atoms with E-state index in [0.29, 0.717) is 11.5 Å². The van der Waals surface area contributed by atoms with Crippen molar-refractivity contribution in [3.63, 3.8) is 0 Å². The number of rotatable bonds is 6. The molecule has 0 bridgehead atoms. The van der Waals surface area contributed by atoms with E-state index in [1.165, 1.54) is 0 Å². The van der Waals surface area contributed by atoms with Gasteiger partial charge < -0.3 is 13.9 Å². The molecule has 1 unspecified atom stereocenters. The van der Waals surface area contributed by atoms with Gasteiger partial charge in [-0.2, -0.15) is 0 Å². The monoisotopic (exact) mass is 457 g/mol. The van der Waals surface area contributed by atoms with E-state index >= 15 is 0 Å². The van der Waals surface area contributed by atoms with E-state index in [2.05, 4.69) is 10.2 Å². The van der Waals surface area contributed by atoms with Crippen molar-refractivity contribution < 1.29 is 18.7 Å². The topological polar surface area (TPSA) is 87.3 Å². The van der Waals surface area contributed by atoms with E-state index in [-0.39, 0.29) is 5.89 Å². The molecule has 0 aliphatic heterocycles. The maximum atomic E-state index is 13.2. The van der Waals surface area contributed by atoms with Crippen LogP contribution in [0.4, 0.5) is 0 Å². The largest absolute Gasteiger partial charge is 0.497 e. The summed E-state index contributed by atoms with van der Waals surface area (Å²) in [6.45, 7) is 1.70. The Kier molecular flexibility index (Phi) is 5.58. The number of ether oxygens (including phenoxy) is 2. The third-order valence-electron chi connectivity index (χ3n) is 5.12. The van der Waals surface area contributed by atoms with Crippen LogP contribution in [0.5, 0.6) is 5.75 Å². The van der Waals surface area contributed by atoms with Crippen molar-refractivity contribution in [3.05, 3.63) is 83.6 Å². The molecule has 0 radical (unpaired) electrons. The van der Waals surface area contributed by atoms with Crippen molar-refractivity contribution in [1.29, 1.82) is 0 Å². The van der Waals surface area contributed by atoms with Gasteiger partial charge >= 0.3 is 5.97 Å². The van der Waals surface area contributed by atoms with E-state index < -0.39 is 12.1 Å². The van der Waals surface area contributed by atoms with Crippen LogP contribution in [0.1, 0.15) is 29.3 Å². The van der Waals surface area contributed by atoms with Gasteiger partial charge in [-0.05, 0) is 54.8 Å². The Bertz CT molecular complexity index is 1410. The number of carbonyl (C=O) groups excluding carboxylic acids is 1. The molecule has 0 saturated carbocycles. The van der Waals surface area contributed by atoms with E-state index in [0.717, 1.165) is 32.8 Å². The first-order chi connectivity index (χ1) is 16.1. The molecule has 0 saturated heterocycles. The minimum atomic E-state index is -0.728. The Morgan fingerprint density at radius 2 is 1.85 bits per heavy atom. The number of aromatic nitrogens is 3. The molecule has 33 heavy (non-hydrogen) atoms. The van der Waals surface area contributed by atoms with Crippen molar-refractivity contribution in [2.75, 3.05) is 7.11 Å². The molecule has 5 aromatic rings.